The number of halogens is 1. The summed E-state index contributed by atoms with van der Waals surface area (Å²) in [5.41, 5.74) is 4.77. The maximum absolute atomic E-state index is 9.64. The van der Waals surface area contributed by atoms with Gasteiger partial charge in [-0.05, 0) is 56.1 Å². The summed E-state index contributed by atoms with van der Waals surface area (Å²) in [7, 11) is 0. The summed E-state index contributed by atoms with van der Waals surface area (Å²) < 4.78 is 0. The molecule has 0 amide bonds. The molecule has 2 aromatic rings. The molecule has 0 saturated carbocycles. The minimum Gasteiger partial charge on any atom is -0.411 e. The van der Waals surface area contributed by atoms with Gasteiger partial charge < -0.3 is 10.1 Å². The van der Waals surface area contributed by atoms with Crippen molar-refractivity contribution in [2.75, 3.05) is 19.6 Å². The average molecular weight is 383 g/mol. The van der Waals surface area contributed by atoms with Gasteiger partial charge in [0.2, 0.25) is 0 Å². The van der Waals surface area contributed by atoms with Crippen molar-refractivity contribution in [1.82, 2.24) is 9.88 Å². The molecule has 27 heavy (non-hydrogen) atoms. The number of nitrogens with zero attached hydrogens (tertiary/aromatic N) is 4. The van der Waals surface area contributed by atoms with Crippen LogP contribution in [0, 0.1) is 0 Å². The Morgan fingerprint density at radius 1 is 1.22 bits per heavy atom. The number of aliphatic imine (C=N–C) groups is 1. The highest BCUT2D eigenvalue weighted by Crippen LogP contribution is 2.29. The van der Waals surface area contributed by atoms with Gasteiger partial charge in [-0.3, -0.25) is 0 Å². The molecular weight excluding hydrogens is 360 g/mol. The van der Waals surface area contributed by atoms with E-state index in [9.17, 15) is 5.21 Å². The SMILES string of the molecule is O/N=C(\Cc1cccc(Cl)c1)c1ccnc2c1CC(CCN1CCCC1)=N2. The fourth-order valence-corrected chi connectivity index (χ4v) is 4.09. The van der Waals surface area contributed by atoms with E-state index in [0.29, 0.717) is 17.2 Å². The first-order chi connectivity index (χ1) is 13.2. The van der Waals surface area contributed by atoms with Crippen LogP contribution in [-0.2, 0) is 12.8 Å². The molecule has 1 fully saturated rings. The van der Waals surface area contributed by atoms with Gasteiger partial charge >= 0.3 is 0 Å². The summed E-state index contributed by atoms with van der Waals surface area (Å²) in [6.45, 7) is 3.46. The highest BCUT2D eigenvalue weighted by atomic mass is 35.5. The first-order valence-corrected chi connectivity index (χ1v) is 9.83. The number of hydrogen-bond acceptors (Lipinski definition) is 5. The van der Waals surface area contributed by atoms with Crippen molar-refractivity contribution in [3.05, 3.63) is 58.2 Å². The third kappa shape index (κ3) is 4.20. The van der Waals surface area contributed by atoms with E-state index in [-0.39, 0.29) is 0 Å². The third-order valence-electron chi connectivity index (χ3n) is 5.29. The van der Waals surface area contributed by atoms with Crippen molar-refractivity contribution < 1.29 is 5.21 Å². The number of pyridine rings is 1. The second-order valence-corrected chi connectivity index (χ2v) is 7.60. The summed E-state index contributed by atoms with van der Waals surface area (Å²) in [5, 5.41) is 13.9. The summed E-state index contributed by atoms with van der Waals surface area (Å²) in [4.78, 5) is 11.7. The van der Waals surface area contributed by atoms with Crippen molar-refractivity contribution >= 4 is 28.8 Å². The highest BCUT2D eigenvalue weighted by Gasteiger charge is 2.23. The molecule has 0 aliphatic carbocycles. The number of rotatable bonds is 6. The fraction of sp³-hybridized carbons (Fsp3) is 0.381. The Morgan fingerprint density at radius 2 is 2.07 bits per heavy atom. The summed E-state index contributed by atoms with van der Waals surface area (Å²) >= 11 is 6.08. The Labute approximate surface area is 164 Å². The van der Waals surface area contributed by atoms with Crippen LogP contribution < -0.4 is 0 Å². The van der Waals surface area contributed by atoms with Crippen molar-refractivity contribution in [2.24, 2.45) is 10.1 Å². The molecule has 3 heterocycles. The molecule has 0 atom stereocenters. The van der Waals surface area contributed by atoms with E-state index in [0.717, 1.165) is 47.6 Å². The maximum Gasteiger partial charge on any atom is 0.155 e. The summed E-state index contributed by atoms with van der Waals surface area (Å²) in [6, 6.07) is 9.54. The van der Waals surface area contributed by atoms with E-state index >= 15 is 0 Å². The first-order valence-electron chi connectivity index (χ1n) is 9.45. The molecule has 1 N–H and O–H groups in total. The number of oxime groups is 1. The Bertz CT molecular complexity index is 888. The van der Waals surface area contributed by atoms with Crippen LogP contribution in [0.2, 0.25) is 5.02 Å². The van der Waals surface area contributed by atoms with Crippen LogP contribution in [0.3, 0.4) is 0 Å². The van der Waals surface area contributed by atoms with Crippen LogP contribution in [0.1, 0.15) is 36.0 Å². The Morgan fingerprint density at radius 3 is 2.85 bits per heavy atom. The van der Waals surface area contributed by atoms with Crippen molar-refractivity contribution in [3.8, 4) is 0 Å². The van der Waals surface area contributed by atoms with Crippen LogP contribution in [0.25, 0.3) is 0 Å². The molecule has 1 aromatic carbocycles. The molecule has 2 aliphatic heterocycles. The Hall–Kier alpha value is -2.24. The number of benzene rings is 1. The van der Waals surface area contributed by atoms with Crippen molar-refractivity contribution in [1.29, 1.82) is 0 Å². The lowest BCUT2D eigenvalue weighted by molar-refractivity contribution is 0.318. The Kier molecular flexibility index (Phi) is 5.50. The van der Waals surface area contributed by atoms with Crippen molar-refractivity contribution in [2.45, 2.75) is 32.1 Å². The predicted molar refractivity (Wildman–Crippen MR) is 109 cm³/mol. The highest BCUT2D eigenvalue weighted by molar-refractivity contribution is 6.30. The van der Waals surface area contributed by atoms with Crippen molar-refractivity contribution in [3.63, 3.8) is 0 Å². The standard InChI is InChI=1S/C21H23ClN4O/c22-16-5-3-4-15(12-16)13-20(25-27)18-6-8-23-21-19(18)14-17(24-21)7-11-26-9-1-2-10-26/h3-6,8,12,27H,1-2,7,9-11,13-14H2/b25-20+. The molecule has 1 saturated heterocycles. The van der Waals surface area contributed by atoms with Gasteiger partial charge in [0.15, 0.2) is 5.82 Å². The molecule has 0 spiro atoms. The zero-order valence-corrected chi connectivity index (χ0v) is 16.0. The van der Waals surface area contributed by atoms with E-state index in [1.807, 2.05) is 30.3 Å². The summed E-state index contributed by atoms with van der Waals surface area (Å²) in [6.07, 6.45) is 6.61. The molecule has 140 valence electrons. The minimum atomic E-state index is 0.511. The maximum atomic E-state index is 9.64. The second-order valence-electron chi connectivity index (χ2n) is 7.17. The van der Waals surface area contributed by atoms with Gasteiger partial charge in [0.05, 0.1) is 5.71 Å². The van der Waals surface area contributed by atoms with Crippen LogP contribution in [0.15, 0.2) is 46.7 Å². The minimum absolute atomic E-state index is 0.511. The molecule has 0 bridgehead atoms. The van der Waals surface area contributed by atoms with Crippen LogP contribution in [0.4, 0.5) is 5.82 Å². The molecule has 4 rings (SSSR count). The molecule has 0 radical (unpaired) electrons. The second kappa shape index (κ2) is 8.19. The van der Waals surface area contributed by atoms with E-state index in [2.05, 4.69) is 15.0 Å². The van der Waals surface area contributed by atoms with E-state index in [1.165, 1.54) is 25.9 Å². The van der Waals surface area contributed by atoms with Gasteiger partial charge in [-0.15, -0.1) is 0 Å². The number of likely N-dealkylation sites (tertiary alicyclic amines) is 1. The first kappa shape index (κ1) is 18.1. The van der Waals surface area contributed by atoms with Gasteiger partial charge in [0.1, 0.15) is 0 Å². The summed E-state index contributed by atoms with van der Waals surface area (Å²) in [5.74, 6) is 0.760. The lowest BCUT2D eigenvalue weighted by Crippen LogP contribution is -2.22. The smallest absolute Gasteiger partial charge is 0.155 e. The monoisotopic (exact) mass is 382 g/mol. The Balaban J connectivity index is 1.49. The van der Waals surface area contributed by atoms with E-state index in [1.54, 1.807) is 6.20 Å². The molecule has 0 unspecified atom stereocenters. The van der Waals surface area contributed by atoms with Crippen LogP contribution in [0.5, 0.6) is 0 Å². The third-order valence-corrected chi connectivity index (χ3v) is 5.52. The van der Waals surface area contributed by atoms with E-state index in [4.69, 9.17) is 16.6 Å². The zero-order valence-electron chi connectivity index (χ0n) is 15.2. The van der Waals surface area contributed by atoms with Gasteiger partial charge in [0, 0.05) is 47.4 Å². The van der Waals surface area contributed by atoms with E-state index < -0.39 is 0 Å². The van der Waals surface area contributed by atoms with Crippen LogP contribution >= 0.6 is 11.6 Å². The number of fused-ring (bicyclic) bond motifs is 1. The zero-order chi connectivity index (χ0) is 18.6. The lowest BCUT2D eigenvalue weighted by atomic mass is 9.96. The lowest BCUT2D eigenvalue weighted by Gasteiger charge is -2.14. The number of hydrogen-bond donors (Lipinski definition) is 1. The fourth-order valence-electron chi connectivity index (χ4n) is 3.88. The molecule has 1 aromatic heterocycles. The molecule has 5 nitrogen and oxygen atoms in total. The largest absolute Gasteiger partial charge is 0.411 e. The molecule has 6 heteroatoms. The van der Waals surface area contributed by atoms with Gasteiger partial charge in [-0.25, -0.2) is 9.98 Å². The van der Waals surface area contributed by atoms with Gasteiger partial charge in [0.25, 0.3) is 0 Å². The molecule has 2 aliphatic rings. The normalized spacial score (nSPS) is 17.2. The predicted octanol–water partition coefficient (Wildman–Crippen LogP) is 4.27. The van der Waals surface area contributed by atoms with Gasteiger partial charge in [-0.2, -0.15) is 0 Å². The van der Waals surface area contributed by atoms with Crippen LogP contribution in [-0.4, -0.2) is 46.1 Å². The topological polar surface area (TPSA) is 61.1 Å². The van der Waals surface area contributed by atoms with Gasteiger partial charge in [-0.1, -0.05) is 28.9 Å². The quantitative estimate of drug-likeness (QED) is 0.461. The number of aromatic nitrogens is 1. The average Bonchev–Trinajstić information content (AvgIpc) is 3.33. The molecular formula is C21H23ClN4O.